The summed E-state index contributed by atoms with van der Waals surface area (Å²) in [5.74, 6) is 0.762. The number of benzene rings is 1. The normalized spacial score (nSPS) is 26.2. The topological polar surface area (TPSA) is 47.2 Å². The summed E-state index contributed by atoms with van der Waals surface area (Å²) in [6.45, 7) is 12.1. The number of rotatable bonds is 7. The van der Waals surface area contributed by atoms with Gasteiger partial charge in [0.25, 0.3) is 5.91 Å². The Hall–Kier alpha value is -1.43. The lowest BCUT2D eigenvalue weighted by molar-refractivity contribution is -1.02. The SMILES string of the molecule is CC(C)c1ccc(C[NH+]2CC[NH+](CC(=O)NC[C@@H]3CCCO3)CC2)cc1. The molecule has 5 heteroatoms. The molecule has 0 aliphatic carbocycles. The highest BCUT2D eigenvalue weighted by Gasteiger charge is 2.25. The second-order valence-corrected chi connectivity index (χ2v) is 8.19. The monoisotopic (exact) mass is 361 g/mol. The van der Waals surface area contributed by atoms with E-state index in [0.29, 0.717) is 19.0 Å². The lowest BCUT2D eigenvalue weighted by atomic mass is 10.0. The van der Waals surface area contributed by atoms with E-state index in [-0.39, 0.29) is 12.0 Å². The van der Waals surface area contributed by atoms with Crippen molar-refractivity contribution in [1.82, 2.24) is 5.32 Å². The molecule has 0 bridgehead atoms. The Labute approximate surface area is 157 Å². The zero-order valence-corrected chi connectivity index (χ0v) is 16.4. The van der Waals surface area contributed by atoms with Crippen LogP contribution in [0.3, 0.4) is 0 Å². The third kappa shape index (κ3) is 5.79. The van der Waals surface area contributed by atoms with E-state index in [1.54, 1.807) is 4.90 Å². The summed E-state index contributed by atoms with van der Waals surface area (Å²) in [5.41, 5.74) is 2.83. The number of quaternary nitrogens is 2. The van der Waals surface area contributed by atoms with Crippen molar-refractivity contribution in [2.45, 2.75) is 45.3 Å². The number of hydrogen-bond donors (Lipinski definition) is 3. The van der Waals surface area contributed by atoms with E-state index in [0.717, 1.165) is 52.2 Å². The van der Waals surface area contributed by atoms with Crippen LogP contribution in [0.5, 0.6) is 0 Å². The Kier molecular flexibility index (Phi) is 7.06. The van der Waals surface area contributed by atoms with Gasteiger partial charge in [-0.25, -0.2) is 0 Å². The molecule has 3 N–H and O–H groups in total. The third-order valence-corrected chi connectivity index (χ3v) is 5.73. The minimum Gasteiger partial charge on any atom is -0.376 e. The van der Waals surface area contributed by atoms with Crippen LogP contribution < -0.4 is 15.1 Å². The Bertz CT molecular complexity index is 559. The fourth-order valence-corrected chi connectivity index (χ4v) is 3.94. The molecule has 144 valence electrons. The molecule has 5 nitrogen and oxygen atoms in total. The van der Waals surface area contributed by atoms with Crippen molar-refractivity contribution in [3.63, 3.8) is 0 Å². The predicted molar refractivity (Wildman–Crippen MR) is 102 cm³/mol. The second-order valence-electron chi connectivity index (χ2n) is 8.19. The first kappa shape index (κ1) is 19.3. The molecule has 1 atom stereocenters. The van der Waals surface area contributed by atoms with E-state index in [1.165, 1.54) is 16.0 Å². The highest BCUT2D eigenvalue weighted by molar-refractivity contribution is 5.76. The van der Waals surface area contributed by atoms with Gasteiger partial charge in [-0.3, -0.25) is 4.79 Å². The van der Waals surface area contributed by atoms with E-state index in [2.05, 4.69) is 43.4 Å². The van der Waals surface area contributed by atoms with Crippen LogP contribution in [0.4, 0.5) is 0 Å². The molecular formula is C21H35N3O2+2. The Morgan fingerprint density at radius 2 is 1.85 bits per heavy atom. The first-order valence-electron chi connectivity index (χ1n) is 10.2. The first-order valence-corrected chi connectivity index (χ1v) is 10.2. The number of piperazine rings is 1. The van der Waals surface area contributed by atoms with Gasteiger partial charge in [0, 0.05) is 18.7 Å². The summed E-state index contributed by atoms with van der Waals surface area (Å²) in [7, 11) is 0. The molecule has 1 amide bonds. The van der Waals surface area contributed by atoms with Gasteiger partial charge >= 0.3 is 0 Å². The summed E-state index contributed by atoms with van der Waals surface area (Å²) in [4.78, 5) is 15.2. The van der Waals surface area contributed by atoms with Gasteiger partial charge in [-0.05, 0) is 24.3 Å². The Balaban J connectivity index is 1.35. The summed E-state index contributed by atoms with van der Waals surface area (Å²) < 4.78 is 5.56. The minimum atomic E-state index is 0.170. The molecule has 26 heavy (non-hydrogen) atoms. The maximum Gasteiger partial charge on any atom is 0.275 e. The van der Waals surface area contributed by atoms with Gasteiger partial charge in [0.2, 0.25) is 0 Å². The summed E-state index contributed by atoms with van der Waals surface area (Å²) in [5, 5.41) is 3.05. The molecule has 2 saturated heterocycles. The molecule has 2 aliphatic rings. The van der Waals surface area contributed by atoms with Crippen LogP contribution in [0.15, 0.2) is 24.3 Å². The fourth-order valence-electron chi connectivity index (χ4n) is 3.94. The van der Waals surface area contributed by atoms with Gasteiger partial charge in [0.1, 0.15) is 32.7 Å². The molecule has 1 aromatic carbocycles. The van der Waals surface area contributed by atoms with Crippen LogP contribution in [-0.4, -0.2) is 57.9 Å². The van der Waals surface area contributed by atoms with Crippen molar-refractivity contribution in [2.24, 2.45) is 0 Å². The molecule has 0 aromatic heterocycles. The number of hydrogen-bond acceptors (Lipinski definition) is 2. The lowest BCUT2D eigenvalue weighted by Gasteiger charge is -2.29. The Morgan fingerprint density at radius 1 is 1.15 bits per heavy atom. The highest BCUT2D eigenvalue weighted by atomic mass is 16.5. The van der Waals surface area contributed by atoms with E-state index >= 15 is 0 Å². The number of carbonyl (C=O) groups is 1. The molecule has 0 spiro atoms. The lowest BCUT2D eigenvalue weighted by Crippen LogP contribution is -3.28. The van der Waals surface area contributed by atoms with Crippen molar-refractivity contribution in [1.29, 1.82) is 0 Å². The van der Waals surface area contributed by atoms with Crippen molar-refractivity contribution in [2.75, 3.05) is 45.9 Å². The van der Waals surface area contributed by atoms with Crippen LogP contribution in [0, 0.1) is 0 Å². The predicted octanol–water partition coefficient (Wildman–Crippen LogP) is -0.611. The van der Waals surface area contributed by atoms with Gasteiger partial charge in [0.15, 0.2) is 6.54 Å². The van der Waals surface area contributed by atoms with Gasteiger partial charge < -0.3 is 19.9 Å². The van der Waals surface area contributed by atoms with Crippen LogP contribution in [0.1, 0.15) is 43.7 Å². The van der Waals surface area contributed by atoms with Crippen molar-refractivity contribution in [3.8, 4) is 0 Å². The largest absolute Gasteiger partial charge is 0.376 e. The van der Waals surface area contributed by atoms with Crippen molar-refractivity contribution < 1.29 is 19.3 Å². The van der Waals surface area contributed by atoms with Crippen LogP contribution in [-0.2, 0) is 16.1 Å². The minimum absolute atomic E-state index is 0.170. The Morgan fingerprint density at radius 3 is 2.46 bits per heavy atom. The van der Waals surface area contributed by atoms with E-state index < -0.39 is 0 Å². The van der Waals surface area contributed by atoms with Crippen LogP contribution in [0.25, 0.3) is 0 Å². The number of carbonyl (C=O) groups excluding carboxylic acids is 1. The number of ether oxygens (including phenoxy) is 1. The fraction of sp³-hybridized carbons (Fsp3) is 0.667. The van der Waals surface area contributed by atoms with Gasteiger partial charge in [-0.15, -0.1) is 0 Å². The van der Waals surface area contributed by atoms with E-state index in [9.17, 15) is 4.79 Å². The summed E-state index contributed by atoms with van der Waals surface area (Å²) >= 11 is 0. The second kappa shape index (κ2) is 9.49. The molecule has 0 radical (unpaired) electrons. The molecule has 2 fully saturated rings. The maximum atomic E-state index is 12.1. The zero-order chi connectivity index (χ0) is 18.4. The van der Waals surface area contributed by atoms with Gasteiger partial charge in [-0.1, -0.05) is 38.1 Å². The first-order chi connectivity index (χ1) is 12.6. The van der Waals surface area contributed by atoms with Gasteiger partial charge in [0.05, 0.1) is 6.10 Å². The quantitative estimate of drug-likeness (QED) is 0.607. The third-order valence-electron chi connectivity index (χ3n) is 5.73. The molecule has 0 unspecified atom stereocenters. The van der Waals surface area contributed by atoms with Crippen LogP contribution in [0.2, 0.25) is 0 Å². The molecule has 0 saturated carbocycles. The van der Waals surface area contributed by atoms with Crippen molar-refractivity contribution >= 4 is 5.91 Å². The van der Waals surface area contributed by atoms with E-state index in [4.69, 9.17) is 4.74 Å². The zero-order valence-electron chi connectivity index (χ0n) is 16.4. The van der Waals surface area contributed by atoms with Crippen molar-refractivity contribution in [3.05, 3.63) is 35.4 Å². The maximum absolute atomic E-state index is 12.1. The molecule has 2 aliphatic heterocycles. The number of nitrogens with one attached hydrogen (secondary N) is 3. The molecule has 1 aromatic rings. The smallest absolute Gasteiger partial charge is 0.275 e. The summed E-state index contributed by atoms with van der Waals surface area (Å²) in [6, 6.07) is 9.08. The van der Waals surface area contributed by atoms with Gasteiger partial charge in [-0.2, -0.15) is 0 Å². The highest BCUT2D eigenvalue weighted by Crippen LogP contribution is 2.14. The standard InChI is InChI=1S/C21H33N3O2/c1-17(2)19-7-5-18(6-8-19)15-23-9-11-24(12-10-23)16-21(25)22-14-20-4-3-13-26-20/h5-8,17,20H,3-4,9-16H2,1-2H3,(H,22,25)/p+2/t20-/m0/s1. The molecule has 3 rings (SSSR count). The molecule has 2 heterocycles. The van der Waals surface area contributed by atoms with E-state index in [1.807, 2.05) is 0 Å². The molecular weight excluding hydrogens is 326 g/mol. The average Bonchev–Trinajstić information content (AvgIpc) is 3.16. The number of amides is 1. The average molecular weight is 362 g/mol. The van der Waals surface area contributed by atoms with Crippen LogP contribution >= 0.6 is 0 Å². The summed E-state index contributed by atoms with van der Waals surface area (Å²) in [6.07, 6.45) is 2.43.